The van der Waals surface area contributed by atoms with Crippen molar-refractivity contribution in [3.63, 3.8) is 0 Å². The Kier molecular flexibility index (Phi) is 7.15. The minimum Gasteiger partial charge on any atom is -0.444 e. The molecule has 1 aliphatic rings. The number of halogens is 3. The minimum atomic E-state index is -4.67. The molecule has 0 aliphatic carbocycles. The van der Waals surface area contributed by atoms with Crippen molar-refractivity contribution in [3.8, 4) is 0 Å². The first-order chi connectivity index (χ1) is 14.5. The lowest BCUT2D eigenvalue weighted by molar-refractivity contribution is -0.141. The predicted octanol–water partition coefficient (Wildman–Crippen LogP) is 2.27. The topological polar surface area (TPSA) is 106 Å². The summed E-state index contributed by atoms with van der Waals surface area (Å²) in [7, 11) is 1.59. The molecular formula is C20H30F3N5O4. The molecule has 1 aliphatic heterocycles. The number of nitrogens with zero attached hydrogens (tertiary/aromatic N) is 3. The lowest BCUT2D eigenvalue weighted by atomic mass is 9.99. The number of aromatic nitrogens is 2. The number of rotatable bonds is 6. The fraction of sp³-hybridized carbons (Fsp3) is 0.700. The summed E-state index contributed by atoms with van der Waals surface area (Å²) in [6, 6.07) is -0.779. The molecule has 1 fully saturated rings. The molecule has 0 aromatic carbocycles. The molecule has 180 valence electrons. The van der Waals surface area contributed by atoms with Crippen LogP contribution in [0.15, 0.2) is 6.20 Å². The molecule has 2 N–H and O–H groups in total. The van der Waals surface area contributed by atoms with Gasteiger partial charge in [0.1, 0.15) is 24.0 Å². The van der Waals surface area contributed by atoms with Crippen molar-refractivity contribution >= 4 is 17.9 Å². The molecule has 2 rings (SSSR count). The van der Waals surface area contributed by atoms with Gasteiger partial charge in [-0.3, -0.25) is 9.59 Å². The van der Waals surface area contributed by atoms with Crippen LogP contribution in [0, 0.1) is 0 Å². The van der Waals surface area contributed by atoms with Gasteiger partial charge in [-0.2, -0.15) is 13.2 Å². The Bertz CT molecular complexity index is 874. The van der Waals surface area contributed by atoms with Gasteiger partial charge < -0.3 is 24.8 Å². The number of carbonyl (C=O) groups is 3. The summed E-state index contributed by atoms with van der Waals surface area (Å²) >= 11 is 0. The molecule has 1 aromatic rings. The number of nitrogens with one attached hydrogen (secondary N) is 2. The third-order valence-electron chi connectivity index (χ3n) is 4.70. The molecule has 1 saturated heterocycles. The second-order valence-electron chi connectivity index (χ2n) is 9.48. The molecule has 0 saturated carbocycles. The van der Waals surface area contributed by atoms with E-state index in [1.807, 2.05) is 0 Å². The summed E-state index contributed by atoms with van der Waals surface area (Å²) in [5.74, 6) is -0.802. The first-order valence-corrected chi connectivity index (χ1v) is 10.2. The Labute approximate surface area is 184 Å². The van der Waals surface area contributed by atoms with E-state index < -0.39 is 41.1 Å². The number of hydrogen-bond donors (Lipinski definition) is 2. The van der Waals surface area contributed by atoms with E-state index in [9.17, 15) is 27.6 Å². The van der Waals surface area contributed by atoms with Crippen molar-refractivity contribution < 1.29 is 32.3 Å². The quantitative estimate of drug-likeness (QED) is 0.676. The number of hydrogen-bond acceptors (Lipinski definition) is 5. The van der Waals surface area contributed by atoms with E-state index in [0.29, 0.717) is 13.0 Å². The van der Waals surface area contributed by atoms with Crippen molar-refractivity contribution in [3.05, 3.63) is 17.7 Å². The smallest absolute Gasteiger partial charge is 0.434 e. The minimum absolute atomic E-state index is 0.0383. The Hall–Kier alpha value is -2.79. The average molecular weight is 461 g/mol. The van der Waals surface area contributed by atoms with E-state index in [0.717, 1.165) is 6.20 Å². The maximum absolute atomic E-state index is 13.3. The molecule has 9 nitrogen and oxygen atoms in total. The van der Waals surface area contributed by atoms with Crippen molar-refractivity contribution in [2.75, 3.05) is 20.1 Å². The van der Waals surface area contributed by atoms with Crippen LogP contribution in [0.5, 0.6) is 0 Å². The maximum atomic E-state index is 13.3. The van der Waals surface area contributed by atoms with Crippen LogP contribution in [0.4, 0.5) is 18.0 Å². The van der Waals surface area contributed by atoms with Gasteiger partial charge >= 0.3 is 12.3 Å². The molecule has 2 heterocycles. The number of ether oxygens (including phenoxy) is 1. The van der Waals surface area contributed by atoms with Crippen LogP contribution in [0.1, 0.15) is 58.6 Å². The van der Waals surface area contributed by atoms with Gasteiger partial charge in [0.25, 0.3) is 0 Å². The van der Waals surface area contributed by atoms with Crippen molar-refractivity contribution in [1.82, 2.24) is 25.1 Å². The summed E-state index contributed by atoms with van der Waals surface area (Å²) in [5, 5.41) is 4.99. The van der Waals surface area contributed by atoms with Crippen LogP contribution in [0.3, 0.4) is 0 Å². The zero-order valence-electron chi connectivity index (χ0n) is 19.1. The van der Waals surface area contributed by atoms with Gasteiger partial charge in [-0.05, 0) is 41.0 Å². The van der Waals surface area contributed by atoms with Gasteiger partial charge in [-0.1, -0.05) is 0 Å². The zero-order chi connectivity index (χ0) is 24.5. The van der Waals surface area contributed by atoms with E-state index in [2.05, 4.69) is 15.6 Å². The Morgan fingerprint density at radius 3 is 2.34 bits per heavy atom. The van der Waals surface area contributed by atoms with Crippen molar-refractivity contribution in [1.29, 1.82) is 0 Å². The van der Waals surface area contributed by atoms with Crippen LogP contribution in [0.25, 0.3) is 0 Å². The highest BCUT2D eigenvalue weighted by atomic mass is 19.4. The Morgan fingerprint density at radius 2 is 1.84 bits per heavy atom. The fourth-order valence-corrected chi connectivity index (χ4v) is 3.36. The highest BCUT2D eigenvalue weighted by Crippen LogP contribution is 2.32. The monoisotopic (exact) mass is 461 g/mol. The summed E-state index contributed by atoms with van der Waals surface area (Å²) in [4.78, 5) is 41.5. The first-order valence-electron chi connectivity index (χ1n) is 10.2. The normalized spacial score (nSPS) is 17.5. The van der Waals surface area contributed by atoms with Gasteiger partial charge in [0.05, 0.1) is 0 Å². The van der Waals surface area contributed by atoms with Gasteiger partial charge in [-0.15, -0.1) is 0 Å². The second kappa shape index (κ2) is 8.99. The van der Waals surface area contributed by atoms with Crippen LogP contribution >= 0.6 is 0 Å². The van der Waals surface area contributed by atoms with E-state index in [1.165, 1.54) is 9.47 Å². The second-order valence-corrected chi connectivity index (χ2v) is 9.48. The summed E-state index contributed by atoms with van der Waals surface area (Å²) in [5.41, 5.74) is -2.83. The van der Waals surface area contributed by atoms with E-state index >= 15 is 0 Å². The summed E-state index contributed by atoms with van der Waals surface area (Å²) in [6.07, 6.45) is -4.28. The Balaban J connectivity index is 2.12. The Morgan fingerprint density at radius 1 is 1.22 bits per heavy atom. The number of likely N-dealkylation sites (tertiary alicyclic amines) is 1. The molecule has 1 atom stereocenters. The summed E-state index contributed by atoms with van der Waals surface area (Å²) in [6.45, 7) is 8.34. The third-order valence-corrected chi connectivity index (χ3v) is 4.70. The fourth-order valence-electron chi connectivity index (χ4n) is 3.36. The number of carbonyl (C=O) groups excluding carboxylic acids is 3. The number of alkyl carbamates (subject to hydrolysis) is 1. The standard InChI is InChI=1S/C20H30F3N5O4/c1-18(2,3)32-17(31)24-10-15(29)26-19(4,5)9-14-25-13(20(21,22)23)11-28(14)12-7-8-27(6)16(12)30/h11-12H,7-10H2,1-6H3,(H,24,31)(H,26,29). The molecule has 3 amide bonds. The van der Waals surface area contributed by atoms with Gasteiger partial charge in [-0.25, -0.2) is 9.78 Å². The number of alkyl halides is 3. The molecule has 0 spiro atoms. The molecule has 32 heavy (non-hydrogen) atoms. The van der Waals surface area contributed by atoms with Crippen molar-refractivity contribution in [2.24, 2.45) is 0 Å². The van der Waals surface area contributed by atoms with Gasteiger partial charge in [0.15, 0.2) is 5.69 Å². The summed E-state index contributed by atoms with van der Waals surface area (Å²) < 4.78 is 46.2. The predicted molar refractivity (Wildman–Crippen MR) is 109 cm³/mol. The average Bonchev–Trinajstić information content (AvgIpc) is 3.14. The van der Waals surface area contributed by atoms with E-state index in [4.69, 9.17) is 4.74 Å². The number of likely N-dealkylation sites (N-methyl/N-ethyl adjacent to an activating group) is 1. The lowest BCUT2D eigenvalue weighted by Crippen LogP contribution is -2.49. The van der Waals surface area contributed by atoms with Crippen LogP contribution in [-0.4, -0.2) is 63.6 Å². The zero-order valence-corrected chi connectivity index (χ0v) is 19.1. The van der Waals surface area contributed by atoms with E-state index in [1.54, 1.807) is 41.7 Å². The molecule has 0 radical (unpaired) electrons. The van der Waals surface area contributed by atoms with Crippen molar-refractivity contribution in [2.45, 2.75) is 70.8 Å². The first kappa shape index (κ1) is 25.5. The highest BCUT2D eigenvalue weighted by Gasteiger charge is 2.39. The molecule has 1 unspecified atom stereocenters. The molecule has 12 heteroatoms. The molecular weight excluding hydrogens is 431 g/mol. The highest BCUT2D eigenvalue weighted by molar-refractivity contribution is 5.83. The molecule has 0 bridgehead atoms. The lowest BCUT2D eigenvalue weighted by Gasteiger charge is -2.27. The number of imidazole rings is 1. The van der Waals surface area contributed by atoms with Crippen LogP contribution in [-0.2, 0) is 26.9 Å². The molecule has 1 aromatic heterocycles. The van der Waals surface area contributed by atoms with Crippen LogP contribution in [0.2, 0.25) is 0 Å². The SMILES string of the molecule is CN1CCC(n2cc(C(F)(F)F)nc2CC(C)(C)NC(=O)CNC(=O)OC(C)(C)C)C1=O. The van der Waals surface area contributed by atoms with Gasteiger partial charge in [0, 0.05) is 31.7 Å². The van der Waals surface area contributed by atoms with Crippen LogP contribution < -0.4 is 10.6 Å². The largest absolute Gasteiger partial charge is 0.444 e. The third kappa shape index (κ3) is 6.86. The van der Waals surface area contributed by atoms with E-state index in [-0.39, 0.29) is 24.7 Å². The number of amides is 3. The maximum Gasteiger partial charge on any atom is 0.434 e. The van der Waals surface area contributed by atoms with Gasteiger partial charge in [0.2, 0.25) is 11.8 Å².